The zero-order valence-electron chi connectivity index (χ0n) is 21.6. The van der Waals surface area contributed by atoms with E-state index in [1.165, 1.54) is 4.90 Å². The van der Waals surface area contributed by atoms with Gasteiger partial charge in [0.1, 0.15) is 24.1 Å². The van der Waals surface area contributed by atoms with Crippen molar-refractivity contribution in [1.29, 1.82) is 0 Å². The molecule has 0 aromatic heterocycles. The highest BCUT2D eigenvalue weighted by molar-refractivity contribution is 7.92. The average molecular weight is 558 g/mol. The summed E-state index contributed by atoms with van der Waals surface area (Å²) in [6, 6.07) is 21.7. The van der Waals surface area contributed by atoms with Crippen LogP contribution in [0.3, 0.4) is 0 Å². The number of halogens is 1. The Morgan fingerprint density at radius 1 is 0.947 bits per heavy atom. The van der Waals surface area contributed by atoms with Crippen LogP contribution in [-0.4, -0.2) is 50.5 Å². The minimum Gasteiger partial charge on any atom is -0.457 e. The maximum absolute atomic E-state index is 13.6. The van der Waals surface area contributed by atoms with Gasteiger partial charge in [-0.25, -0.2) is 8.42 Å². The molecule has 0 aliphatic carbocycles. The standard InChI is InChI=1S/C28H32ClN3O5S/c1-4-18-30-28(34)21(2)31(19-22-10-12-23(29)13-11-22)27(33)20-32(38(3,35)36)24-14-16-26(17-15-24)37-25-8-6-5-7-9-25/h5-17,21H,4,18-20H2,1-3H3,(H,30,34)/t21-/m1/s1. The van der Waals surface area contributed by atoms with E-state index >= 15 is 0 Å². The van der Waals surface area contributed by atoms with Gasteiger partial charge in [0.25, 0.3) is 0 Å². The number of ether oxygens (including phenoxy) is 1. The monoisotopic (exact) mass is 557 g/mol. The third-order valence-electron chi connectivity index (χ3n) is 5.77. The number of benzene rings is 3. The lowest BCUT2D eigenvalue weighted by Gasteiger charge is -2.31. The van der Waals surface area contributed by atoms with Crippen LogP contribution in [0, 0.1) is 0 Å². The molecule has 8 nitrogen and oxygen atoms in total. The number of nitrogens with one attached hydrogen (secondary N) is 1. The van der Waals surface area contributed by atoms with E-state index in [0.717, 1.165) is 22.5 Å². The van der Waals surface area contributed by atoms with Crippen LogP contribution in [0.4, 0.5) is 5.69 Å². The number of carbonyl (C=O) groups excluding carboxylic acids is 2. The number of rotatable bonds is 12. The van der Waals surface area contributed by atoms with E-state index in [4.69, 9.17) is 16.3 Å². The Hall–Kier alpha value is -3.56. The zero-order chi connectivity index (χ0) is 27.7. The van der Waals surface area contributed by atoms with Gasteiger partial charge in [-0.3, -0.25) is 13.9 Å². The van der Waals surface area contributed by atoms with E-state index in [2.05, 4.69) is 5.32 Å². The van der Waals surface area contributed by atoms with Crippen molar-refractivity contribution < 1.29 is 22.7 Å². The van der Waals surface area contributed by atoms with E-state index in [9.17, 15) is 18.0 Å². The van der Waals surface area contributed by atoms with Gasteiger partial charge in [-0.05, 0) is 67.4 Å². The molecule has 0 bridgehead atoms. The first kappa shape index (κ1) is 29.0. The lowest BCUT2D eigenvalue weighted by molar-refractivity contribution is -0.139. The average Bonchev–Trinajstić information content (AvgIpc) is 2.90. The SMILES string of the molecule is CCCNC(=O)[C@@H](C)N(Cc1ccc(Cl)cc1)C(=O)CN(c1ccc(Oc2ccccc2)cc1)S(C)(=O)=O. The predicted molar refractivity (Wildman–Crippen MR) is 150 cm³/mol. The van der Waals surface area contributed by atoms with Crippen molar-refractivity contribution in [2.75, 3.05) is 23.7 Å². The summed E-state index contributed by atoms with van der Waals surface area (Å²) < 4.78 is 32.3. The summed E-state index contributed by atoms with van der Waals surface area (Å²) in [7, 11) is -3.83. The highest BCUT2D eigenvalue weighted by atomic mass is 35.5. The maximum atomic E-state index is 13.6. The van der Waals surface area contributed by atoms with Crippen LogP contribution in [0.25, 0.3) is 0 Å². The molecule has 3 aromatic carbocycles. The van der Waals surface area contributed by atoms with Gasteiger partial charge in [0.05, 0.1) is 11.9 Å². The molecule has 38 heavy (non-hydrogen) atoms. The fourth-order valence-electron chi connectivity index (χ4n) is 3.68. The molecular weight excluding hydrogens is 526 g/mol. The van der Waals surface area contributed by atoms with Gasteiger partial charge in [0.2, 0.25) is 21.8 Å². The first-order valence-electron chi connectivity index (χ1n) is 12.2. The van der Waals surface area contributed by atoms with E-state index in [0.29, 0.717) is 28.8 Å². The van der Waals surface area contributed by atoms with E-state index < -0.39 is 28.5 Å². The Morgan fingerprint density at radius 3 is 2.13 bits per heavy atom. The second-order valence-electron chi connectivity index (χ2n) is 8.79. The second-order valence-corrected chi connectivity index (χ2v) is 11.1. The van der Waals surface area contributed by atoms with Gasteiger partial charge < -0.3 is 15.0 Å². The molecule has 1 N–H and O–H groups in total. The second kappa shape index (κ2) is 13.3. The van der Waals surface area contributed by atoms with Crippen molar-refractivity contribution in [3.63, 3.8) is 0 Å². The number of anilines is 1. The number of sulfonamides is 1. The Labute approximate surface area is 229 Å². The van der Waals surface area contributed by atoms with Crippen LogP contribution in [0.5, 0.6) is 11.5 Å². The Kier molecular flexibility index (Phi) is 10.2. The molecule has 1 atom stereocenters. The third kappa shape index (κ3) is 8.22. The van der Waals surface area contributed by atoms with Crippen molar-refractivity contribution in [2.24, 2.45) is 0 Å². The molecule has 0 aliphatic heterocycles. The number of para-hydroxylation sites is 1. The van der Waals surface area contributed by atoms with Gasteiger partial charge in [-0.15, -0.1) is 0 Å². The fraction of sp³-hybridized carbons (Fsp3) is 0.286. The molecule has 0 fully saturated rings. The van der Waals surface area contributed by atoms with E-state index in [-0.39, 0.29) is 12.5 Å². The smallest absolute Gasteiger partial charge is 0.244 e. The molecule has 3 aromatic rings. The van der Waals surface area contributed by atoms with Gasteiger partial charge in [0, 0.05) is 18.1 Å². The van der Waals surface area contributed by atoms with Crippen LogP contribution < -0.4 is 14.4 Å². The molecule has 3 rings (SSSR count). The van der Waals surface area contributed by atoms with Crippen LogP contribution in [0.2, 0.25) is 5.02 Å². The van der Waals surface area contributed by atoms with Gasteiger partial charge >= 0.3 is 0 Å². The lowest BCUT2D eigenvalue weighted by Crippen LogP contribution is -2.51. The zero-order valence-corrected chi connectivity index (χ0v) is 23.2. The molecule has 2 amide bonds. The molecule has 0 heterocycles. The van der Waals surface area contributed by atoms with Crippen molar-refractivity contribution in [2.45, 2.75) is 32.9 Å². The van der Waals surface area contributed by atoms with Crippen molar-refractivity contribution in [1.82, 2.24) is 10.2 Å². The number of nitrogens with zero attached hydrogens (tertiary/aromatic N) is 2. The van der Waals surface area contributed by atoms with Crippen LogP contribution >= 0.6 is 11.6 Å². The first-order valence-corrected chi connectivity index (χ1v) is 14.4. The van der Waals surface area contributed by atoms with Gasteiger partial charge in [0.15, 0.2) is 0 Å². The molecule has 0 unspecified atom stereocenters. The minimum absolute atomic E-state index is 0.109. The van der Waals surface area contributed by atoms with Crippen LogP contribution in [0.1, 0.15) is 25.8 Å². The highest BCUT2D eigenvalue weighted by Crippen LogP contribution is 2.26. The largest absolute Gasteiger partial charge is 0.457 e. The molecular formula is C28H32ClN3O5S. The fourth-order valence-corrected chi connectivity index (χ4v) is 4.66. The topological polar surface area (TPSA) is 96.0 Å². The molecule has 0 spiro atoms. The predicted octanol–water partition coefficient (Wildman–Crippen LogP) is 4.84. The van der Waals surface area contributed by atoms with Crippen molar-refractivity contribution in [3.05, 3.63) is 89.4 Å². The third-order valence-corrected chi connectivity index (χ3v) is 7.16. The Morgan fingerprint density at radius 2 is 1.55 bits per heavy atom. The van der Waals surface area contributed by atoms with Gasteiger partial charge in [-0.1, -0.05) is 48.9 Å². The minimum atomic E-state index is -3.83. The maximum Gasteiger partial charge on any atom is 0.244 e. The Balaban J connectivity index is 1.84. The molecule has 0 aliphatic rings. The van der Waals surface area contributed by atoms with E-state index in [1.54, 1.807) is 55.5 Å². The summed E-state index contributed by atoms with van der Waals surface area (Å²) in [5, 5.41) is 3.35. The molecule has 0 saturated carbocycles. The molecule has 0 radical (unpaired) electrons. The van der Waals surface area contributed by atoms with Crippen molar-refractivity contribution >= 4 is 39.1 Å². The summed E-state index contributed by atoms with van der Waals surface area (Å²) in [6.07, 6.45) is 1.78. The van der Waals surface area contributed by atoms with Crippen LogP contribution in [-0.2, 0) is 26.2 Å². The number of hydrogen-bond donors (Lipinski definition) is 1. The number of hydrogen-bond acceptors (Lipinski definition) is 5. The van der Waals surface area contributed by atoms with Gasteiger partial charge in [-0.2, -0.15) is 0 Å². The lowest BCUT2D eigenvalue weighted by atomic mass is 10.1. The Bertz CT molecular complexity index is 1320. The van der Waals surface area contributed by atoms with Crippen LogP contribution in [0.15, 0.2) is 78.9 Å². The summed E-state index contributed by atoms with van der Waals surface area (Å²) in [5.74, 6) is 0.325. The normalized spacial score (nSPS) is 11.9. The summed E-state index contributed by atoms with van der Waals surface area (Å²) in [4.78, 5) is 27.7. The summed E-state index contributed by atoms with van der Waals surface area (Å²) in [6.45, 7) is 3.66. The van der Waals surface area contributed by atoms with E-state index in [1.807, 2.05) is 37.3 Å². The molecule has 0 saturated heterocycles. The highest BCUT2D eigenvalue weighted by Gasteiger charge is 2.30. The number of carbonyl (C=O) groups is 2. The summed E-state index contributed by atoms with van der Waals surface area (Å²) >= 11 is 6.00. The molecule has 10 heteroatoms. The van der Waals surface area contributed by atoms with Crippen molar-refractivity contribution in [3.8, 4) is 11.5 Å². The quantitative estimate of drug-likeness (QED) is 0.344. The number of amides is 2. The summed E-state index contributed by atoms with van der Waals surface area (Å²) in [5.41, 5.74) is 1.06. The first-order chi connectivity index (χ1) is 18.1. The molecule has 202 valence electrons.